The molecule has 0 aliphatic heterocycles. The van der Waals surface area contributed by atoms with E-state index in [0.717, 1.165) is 12.0 Å². The molecule has 0 saturated heterocycles. The second kappa shape index (κ2) is 4.13. The summed E-state index contributed by atoms with van der Waals surface area (Å²) in [5, 5.41) is 13.1. The Morgan fingerprint density at radius 2 is 2.27 bits per heavy atom. The lowest BCUT2D eigenvalue weighted by Crippen LogP contribution is -1.89. The average Bonchev–Trinajstić information content (AvgIpc) is 2.65. The fourth-order valence-electron chi connectivity index (χ4n) is 1.35. The van der Waals surface area contributed by atoms with Crippen molar-refractivity contribution in [2.45, 2.75) is 19.8 Å². The maximum absolute atomic E-state index is 9.28. The highest BCUT2D eigenvalue weighted by Crippen LogP contribution is 2.14. The predicted octanol–water partition coefficient (Wildman–Crippen LogP) is 1.93. The van der Waals surface area contributed by atoms with Gasteiger partial charge in [0.05, 0.1) is 6.42 Å². The van der Waals surface area contributed by atoms with Gasteiger partial charge in [-0.3, -0.25) is 0 Å². The van der Waals surface area contributed by atoms with Crippen LogP contribution >= 0.6 is 0 Å². The number of aromatic hydroxyl groups is 1. The minimum absolute atomic E-state index is 0.253. The van der Waals surface area contributed by atoms with E-state index in [0.29, 0.717) is 18.1 Å². The molecular weight excluding hydrogens is 192 g/mol. The number of rotatable bonds is 3. The van der Waals surface area contributed by atoms with Crippen LogP contribution in [0.25, 0.3) is 0 Å². The number of hydrogen-bond acceptors (Lipinski definition) is 4. The van der Waals surface area contributed by atoms with E-state index in [1.165, 1.54) is 0 Å². The molecule has 1 N–H and O–H groups in total. The van der Waals surface area contributed by atoms with Gasteiger partial charge in [-0.05, 0) is 17.7 Å². The summed E-state index contributed by atoms with van der Waals surface area (Å²) in [6.07, 6.45) is 1.32. The van der Waals surface area contributed by atoms with E-state index in [1.54, 1.807) is 18.2 Å². The molecule has 0 bridgehead atoms. The SMILES string of the molecule is CCc1noc(Cc2cccc(O)c2)n1. The highest BCUT2D eigenvalue weighted by atomic mass is 16.5. The Kier molecular flexibility index (Phi) is 2.67. The van der Waals surface area contributed by atoms with E-state index in [1.807, 2.05) is 13.0 Å². The van der Waals surface area contributed by atoms with Crippen molar-refractivity contribution in [2.75, 3.05) is 0 Å². The molecule has 0 saturated carbocycles. The van der Waals surface area contributed by atoms with Gasteiger partial charge >= 0.3 is 0 Å². The van der Waals surface area contributed by atoms with Gasteiger partial charge in [0, 0.05) is 6.42 Å². The molecule has 4 heteroatoms. The first-order chi connectivity index (χ1) is 7.28. The summed E-state index contributed by atoms with van der Waals surface area (Å²) in [5.41, 5.74) is 0.960. The van der Waals surface area contributed by atoms with Gasteiger partial charge in [-0.1, -0.05) is 24.2 Å². The second-order valence-electron chi connectivity index (χ2n) is 3.30. The predicted molar refractivity (Wildman–Crippen MR) is 54.6 cm³/mol. The first-order valence-electron chi connectivity index (χ1n) is 4.87. The number of aryl methyl sites for hydroxylation is 1. The van der Waals surface area contributed by atoms with E-state index in [9.17, 15) is 5.11 Å². The molecule has 1 aromatic heterocycles. The van der Waals surface area contributed by atoms with Crippen molar-refractivity contribution >= 4 is 0 Å². The molecule has 2 aromatic rings. The molecular formula is C11H12N2O2. The highest BCUT2D eigenvalue weighted by Gasteiger charge is 2.05. The van der Waals surface area contributed by atoms with Gasteiger partial charge in [0.15, 0.2) is 5.82 Å². The molecule has 15 heavy (non-hydrogen) atoms. The molecule has 1 heterocycles. The lowest BCUT2D eigenvalue weighted by atomic mass is 10.1. The minimum atomic E-state index is 0.253. The normalized spacial score (nSPS) is 10.5. The molecule has 4 nitrogen and oxygen atoms in total. The molecule has 0 unspecified atom stereocenters. The molecule has 0 aliphatic rings. The van der Waals surface area contributed by atoms with Gasteiger partial charge in [-0.2, -0.15) is 4.98 Å². The minimum Gasteiger partial charge on any atom is -0.508 e. The van der Waals surface area contributed by atoms with Crippen LogP contribution in [0.5, 0.6) is 5.75 Å². The van der Waals surface area contributed by atoms with Crippen molar-refractivity contribution in [3.8, 4) is 5.75 Å². The monoisotopic (exact) mass is 204 g/mol. The fourth-order valence-corrected chi connectivity index (χ4v) is 1.35. The molecule has 0 atom stereocenters. The van der Waals surface area contributed by atoms with Crippen LogP contribution in [0, 0.1) is 0 Å². The van der Waals surface area contributed by atoms with Crippen LogP contribution in [-0.4, -0.2) is 15.2 Å². The van der Waals surface area contributed by atoms with Gasteiger partial charge in [0.1, 0.15) is 5.75 Å². The molecule has 78 valence electrons. The Bertz CT molecular complexity index is 451. The Morgan fingerprint density at radius 3 is 2.93 bits per heavy atom. The Labute approximate surface area is 87.6 Å². The van der Waals surface area contributed by atoms with E-state index < -0.39 is 0 Å². The van der Waals surface area contributed by atoms with Crippen LogP contribution in [0.3, 0.4) is 0 Å². The Balaban J connectivity index is 2.14. The van der Waals surface area contributed by atoms with Crippen LogP contribution in [0.2, 0.25) is 0 Å². The third-order valence-electron chi connectivity index (χ3n) is 2.09. The summed E-state index contributed by atoms with van der Waals surface area (Å²) >= 11 is 0. The molecule has 2 rings (SSSR count). The van der Waals surface area contributed by atoms with Gasteiger partial charge < -0.3 is 9.63 Å². The van der Waals surface area contributed by atoms with Crippen molar-refractivity contribution in [1.29, 1.82) is 0 Å². The zero-order valence-corrected chi connectivity index (χ0v) is 8.47. The number of nitrogens with zero attached hydrogens (tertiary/aromatic N) is 2. The largest absolute Gasteiger partial charge is 0.508 e. The van der Waals surface area contributed by atoms with Crippen LogP contribution in [-0.2, 0) is 12.8 Å². The summed E-state index contributed by atoms with van der Waals surface area (Å²) in [6, 6.07) is 7.03. The van der Waals surface area contributed by atoms with Gasteiger partial charge in [0.25, 0.3) is 0 Å². The van der Waals surface area contributed by atoms with E-state index in [2.05, 4.69) is 10.1 Å². The van der Waals surface area contributed by atoms with Gasteiger partial charge in [0.2, 0.25) is 5.89 Å². The summed E-state index contributed by atoms with van der Waals surface area (Å²) in [6.45, 7) is 1.98. The van der Waals surface area contributed by atoms with Crippen LogP contribution < -0.4 is 0 Å². The average molecular weight is 204 g/mol. The van der Waals surface area contributed by atoms with E-state index in [-0.39, 0.29) is 5.75 Å². The van der Waals surface area contributed by atoms with Crippen molar-refractivity contribution in [2.24, 2.45) is 0 Å². The highest BCUT2D eigenvalue weighted by molar-refractivity contribution is 5.28. The quantitative estimate of drug-likeness (QED) is 0.829. The third kappa shape index (κ3) is 2.34. The summed E-state index contributed by atoms with van der Waals surface area (Å²) in [7, 11) is 0. The van der Waals surface area contributed by atoms with Crippen molar-refractivity contribution in [1.82, 2.24) is 10.1 Å². The maximum atomic E-state index is 9.28. The number of phenols is 1. The van der Waals surface area contributed by atoms with Crippen LogP contribution in [0.15, 0.2) is 28.8 Å². The first kappa shape index (κ1) is 9.71. The molecule has 0 amide bonds. The van der Waals surface area contributed by atoms with Gasteiger partial charge in [-0.25, -0.2) is 0 Å². The standard InChI is InChI=1S/C11H12N2O2/c1-2-10-12-11(15-13-10)7-8-4-3-5-9(14)6-8/h3-6,14H,2,7H2,1H3. The third-order valence-corrected chi connectivity index (χ3v) is 2.09. The summed E-state index contributed by atoms with van der Waals surface area (Å²) < 4.78 is 5.06. The van der Waals surface area contributed by atoms with Crippen molar-refractivity contribution in [3.05, 3.63) is 41.5 Å². The number of aromatic nitrogens is 2. The molecule has 1 aromatic carbocycles. The van der Waals surface area contributed by atoms with Crippen molar-refractivity contribution < 1.29 is 9.63 Å². The maximum Gasteiger partial charge on any atom is 0.231 e. The van der Waals surface area contributed by atoms with Crippen molar-refractivity contribution in [3.63, 3.8) is 0 Å². The Hall–Kier alpha value is -1.84. The zero-order chi connectivity index (χ0) is 10.7. The lowest BCUT2D eigenvalue weighted by Gasteiger charge is -1.96. The van der Waals surface area contributed by atoms with Gasteiger partial charge in [-0.15, -0.1) is 0 Å². The van der Waals surface area contributed by atoms with Crippen LogP contribution in [0.1, 0.15) is 24.2 Å². The zero-order valence-electron chi connectivity index (χ0n) is 8.47. The second-order valence-corrected chi connectivity index (χ2v) is 3.30. The fraction of sp³-hybridized carbons (Fsp3) is 0.273. The van der Waals surface area contributed by atoms with Crippen LogP contribution in [0.4, 0.5) is 0 Å². The number of phenolic OH excluding ortho intramolecular Hbond substituents is 1. The molecule has 0 spiro atoms. The molecule has 0 radical (unpaired) electrons. The topological polar surface area (TPSA) is 59.2 Å². The summed E-state index contributed by atoms with van der Waals surface area (Å²) in [4.78, 5) is 4.19. The number of hydrogen-bond donors (Lipinski definition) is 1. The number of benzene rings is 1. The molecule has 0 aliphatic carbocycles. The Morgan fingerprint density at radius 1 is 1.40 bits per heavy atom. The lowest BCUT2D eigenvalue weighted by molar-refractivity contribution is 0.379. The van der Waals surface area contributed by atoms with E-state index in [4.69, 9.17) is 4.52 Å². The first-order valence-corrected chi connectivity index (χ1v) is 4.87. The smallest absolute Gasteiger partial charge is 0.231 e. The van der Waals surface area contributed by atoms with E-state index >= 15 is 0 Å². The summed E-state index contributed by atoms with van der Waals surface area (Å²) in [5.74, 6) is 1.55. The molecule has 0 fully saturated rings.